The summed E-state index contributed by atoms with van der Waals surface area (Å²) < 4.78 is 0.861. The van der Waals surface area contributed by atoms with Gasteiger partial charge in [0.2, 0.25) is 0 Å². The Balaban J connectivity index is 2.07. The van der Waals surface area contributed by atoms with Crippen molar-refractivity contribution in [2.75, 3.05) is 11.9 Å². The van der Waals surface area contributed by atoms with E-state index in [-0.39, 0.29) is 0 Å². The largest absolute Gasteiger partial charge is 0.370 e. The fraction of sp³-hybridized carbons (Fsp3) is 0.636. The molecule has 1 aliphatic carbocycles. The Bertz CT molecular complexity index is 348. The summed E-state index contributed by atoms with van der Waals surface area (Å²) in [5, 5.41) is 3.36. The van der Waals surface area contributed by atoms with Crippen molar-refractivity contribution in [3.8, 4) is 0 Å². The van der Waals surface area contributed by atoms with E-state index in [0.29, 0.717) is 5.92 Å². The van der Waals surface area contributed by atoms with E-state index in [1.54, 1.807) is 0 Å². The smallest absolute Gasteiger partial charge is 0.134 e. The molecule has 3 nitrogen and oxygen atoms in total. The summed E-state index contributed by atoms with van der Waals surface area (Å²) in [6.07, 6.45) is 2.71. The van der Waals surface area contributed by atoms with Gasteiger partial charge in [0.1, 0.15) is 16.2 Å². The molecular formula is C11H16BrN3. The van der Waals surface area contributed by atoms with Crippen LogP contribution in [0.3, 0.4) is 0 Å². The average molecular weight is 270 g/mol. The van der Waals surface area contributed by atoms with Gasteiger partial charge in [-0.05, 0) is 34.7 Å². The molecule has 1 N–H and O–H groups in total. The second kappa shape index (κ2) is 4.47. The summed E-state index contributed by atoms with van der Waals surface area (Å²) in [5.41, 5.74) is 0. The molecule has 0 radical (unpaired) electrons. The molecule has 0 unspecified atom stereocenters. The van der Waals surface area contributed by atoms with E-state index in [0.717, 1.165) is 28.7 Å². The minimum absolute atomic E-state index is 0.365. The van der Waals surface area contributed by atoms with Crippen molar-refractivity contribution in [1.82, 2.24) is 9.97 Å². The third-order valence-corrected chi connectivity index (χ3v) is 2.90. The standard InChI is InChI=1S/C11H16BrN3/c1-7(2)11-14-9(12)5-10(15-11)13-6-8-3-4-8/h5,7-8H,3-4,6H2,1-2H3,(H,13,14,15). The molecule has 1 aliphatic rings. The minimum Gasteiger partial charge on any atom is -0.370 e. The van der Waals surface area contributed by atoms with Crippen molar-refractivity contribution in [2.45, 2.75) is 32.6 Å². The molecular weight excluding hydrogens is 254 g/mol. The Morgan fingerprint density at radius 1 is 1.47 bits per heavy atom. The highest BCUT2D eigenvalue weighted by Gasteiger charge is 2.20. The maximum Gasteiger partial charge on any atom is 0.134 e. The molecule has 1 saturated carbocycles. The lowest BCUT2D eigenvalue weighted by Crippen LogP contribution is -2.08. The third kappa shape index (κ3) is 3.16. The van der Waals surface area contributed by atoms with Crippen LogP contribution in [0.5, 0.6) is 0 Å². The number of hydrogen-bond acceptors (Lipinski definition) is 3. The topological polar surface area (TPSA) is 37.8 Å². The van der Waals surface area contributed by atoms with Crippen molar-refractivity contribution in [3.63, 3.8) is 0 Å². The maximum atomic E-state index is 4.48. The molecule has 0 atom stereocenters. The number of nitrogens with one attached hydrogen (secondary N) is 1. The summed E-state index contributed by atoms with van der Waals surface area (Å²) in [5.74, 6) is 3.06. The first-order valence-electron chi connectivity index (χ1n) is 5.43. The highest BCUT2D eigenvalue weighted by molar-refractivity contribution is 9.10. The summed E-state index contributed by atoms with van der Waals surface area (Å²) >= 11 is 3.41. The minimum atomic E-state index is 0.365. The second-order valence-electron chi connectivity index (χ2n) is 4.41. The number of hydrogen-bond donors (Lipinski definition) is 1. The highest BCUT2D eigenvalue weighted by atomic mass is 79.9. The second-order valence-corrected chi connectivity index (χ2v) is 5.23. The van der Waals surface area contributed by atoms with Gasteiger partial charge in [-0.25, -0.2) is 9.97 Å². The van der Waals surface area contributed by atoms with Gasteiger partial charge in [-0.15, -0.1) is 0 Å². The number of aromatic nitrogens is 2. The first kappa shape index (κ1) is 10.9. The van der Waals surface area contributed by atoms with E-state index in [1.807, 2.05) is 6.07 Å². The van der Waals surface area contributed by atoms with Gasteiger partial charge in [0, 0.05) is 18.5 Å². The van der Waals surface area contributed by atoms with Crippen LogP contribution >= 0.6 is 15.9 Å². The Kier molecular flexibility index (Phi) is 3.24. The van der Waals surface area contributed by atoms with Crippen LogP contribution in [0.1, 0.15) is 38.4 Å². The SMILES string of the molecule is CC(C)c1nc(Br)cc(NCC2CC2)n1. The van der Waals surface area contributed by atoms with Crippen molar-refractivity contribution in [1.29, 1.82) is 0 Å². The molecule has 1 heterocycles. The average Bonchev–Trinajstić information content (AvgIpc) is 2.97. The summed E-state index contributed by atoms with van der Waals surface area (Å²) in [7, 11) is 0. The fourth-order valence-corrected chi connectivity index (χ4v) is 1.75. The Morgan fingerprint density at radius 2 is 2.20 bits per heavy atom. The molecule has 1 fully saturated rings. The quantitative estimate of drug-likeness (QED) is 0.854. The number of rotatable bonds is 4. The zero-order valence-corrected chi connectivity index (χ0v) is 10.7. The van der Waals surface area contributed by atoms with Gasteiger partial charge in [0.25, 0.3) is 0 Å². The lowest BCUT2D eigenvalue weighted by Gasteiger charge is -2.09. The zero-order chi connectivity index (χ0) is 10.8. The number of halogens is 1. The first-order chi connectivity index (χ1) is 7.15. The number of nitrogens with zero attached hydrogens (tertiary/aromatic N) is 2. The summed E-state index contributed by atoms with van der Waals surface area (Å²) in [4.78, 5) is 8.82. The molecule has 82 valence electrons. The summed E-state index contributed by atoms with van der Waals surface area (Å²) in [6.45, 7) is 5.25. The molecule has 0 amide bonds. The molecule has 0 saturated heterocycles. The molecule has 0 spiro atoms. The van der Waals surface area contributed by atoms with Gasteiger partial charge in [0.15, 0.2) is 0 Å². The maximum absolute atomic E-state index is 4.48. The zero-order valence-electron chi connectivity index (χ0n) is 9.13. The monoisotopic (exact) mass is 269 g/mol. The Morgan fingerprint density at radius 3 is 2.80 bits per heavy atom. The molecule has 2 rings (SSSR count). The Hall–Kier alpha value is -0.640. The predicted molar refractivity (Wildman–Crippen MR) is 65.0 cm³/mol. The van der Waals surface area contributed by atoms with Crippen molar-refractivity contribution in [3.05, 3.63) is 16.5 Å². The van der Waals surface area contributed by atoms with Crippen LogP contribution < -0.4 is 5.32 Å². The molecule has 1 aromatic heterocycles. The number of anilines is 1. The molecule has 4 heteroatoms. The molecule has 1 aromatic rings. The first-order valence-corrected chi connectivity index (χ1v) is 6.23. The van der Waals surface area contributed by atoms with Crippen LogP contribution in [-0.4, -0.2) is 16.5 Å². The van der Waals surface area contributed by atoms with Gasteiger partial charge < -0.3 is 5.32 Å². The normalized spacial score (nSPS) is 15.7. The van der Waals surface area contributed by atoms with Gasteiger partial charge in [-0.2, -0.15) is 0 Å². The van der Waals surface area contributed by atoms with E-state index in [1.165, 1.54) is 12.8 Å². The van der Waals surface area contributed by atoms with E-state index in [9.17, 15) is 0 Å². The van der Waals surface area contributed by atoms with Crippen molar-refractivity contribution < 1.29 is 0 Å². The molecule has 0 aliphatic heterocycles. The van der Waals surface area contributed by atoms with Crippen molar-refractivity contribution in [2.24, 2.45) is 5.92 Å². The molecule has 0 aromatic carbocycles. The summed E-state index contributed by atoms with van der Waals surface area (Å²) in [6, 6.07) is 1.94. The van der Waals surface area contributed by atoms with Gasteiger partial charge in [0.05, 0.1) is 0 Å². The Labute approximate surface area is 98.8 Å². The van der Waals surface area contributed by atoms with Gasteiger partial charge in [-0.3, -0.25) is 0 Å². The lowest BCUT2D eigenvalue weighted by atomic mass is 10.2. The van der Waals surface area contributed by atoms with E-state index >= 15 is 0 Å². The predicted octanol–water partition coefficient (Wildman–Crippen LogP) is 3.18. The van der Waals surface area contributed by atoms with E-state index in [2.05, 4.69) is 45.1 Å². The van der Waals surface area contributed by atoms with Crippen LogP contribution in [0.4, 0.5) is 5.82 Å². The van der Waals surface area contributed by atoms with Crippen LogP contribution in [0.15, 0.2) is 10.7 Å². The van der Waals surface area contributed by atoms with Gasteiger partial charge in [-0.1, -0.05) is 13.8 Å². The lowest BCUT2D eigenvalue weighted by molar-refractivity contribution is 0.767. The highest BCUT2D eigenvalue weighted by Crippen LogP contribution is 2.29. The van der Waals surface area contributed by atoms with E-state index < -0.39 is 0 Å². The fourth-order valence-electron chi connectivity index (χ4n) is 1.35. The van der Waals surface area contributed by atoms with E-state index in [4.69, 9.17) is 0 Å². The molecule has 0 bridgehead atoms. The van der Waals surface area contributed by atoms with Crippen molar-refractivity contribution >= 4 is 21.7 Å². The third-order valence-electron chi connectivity index (χ3n) is 2.50. The van der Waals surface area contributed by atoms with Crippen LogP contribution in [0.25, 0.3) is 0 Å². The van der Waals surface area contributed by atoms with Crippen LogP contribution in [0.2, 0.25) is 0 Å². The van der Waals surface area contributed by atoms with Gasteiger partial charge >= 0.3 is 0 Å². The van der Waals surface area contributed by atoms with Crippen LogP contribution in [0, 0.1) is 5.92 Å². The van der Waals surface area contributed by atoms with Crippen LogP contribution in [-0.2, 0) is 0 Å². The molecule has 15 heavy (non-hydrogen) atoms.